The molecule has 0 unspecified atom stereocenters. The first kappa shape index (κ1) is 13.8. The van der Waals surface area contributed by atoms with Gasteiger partial charge >= 0.3 is 0 Å². The molecule has 1 aromatic rings. The number of piperazine rings is 1. The molecule has 17 heavy (non-hydrogen) atoms. The van der Waals surface area contributed by atoms with Crippen molar-refractivity contribution in [2.24, 2.45) is 5.73 Å². The summed E-state index contributed by atoms with van der Waals surface area (Å²) in [5.74, 6) is 0. The fourth-order valence-electron chi connectivity index (χ4n) is 1.71. The van der Waals surface area contributed by atoms with Crippen LogP contribution >= 0.6 is 0 Å². The maximum absolute atomic E-state index is 9.05. The first-order chi connectivity index (χ1) is 8.36. The minimum Gasteiger partial charge on any atom is -0.324 e. The normalized spacial score (nSPS) is 15.8. The highest BCUT2D eigenvalue weighted by molar-refractivity contribution is 5.51. The zero-order valence-corrected chi connectivity index (χ0v) is 10.1. The molecule has 1 saturated heterocycles. The highest BCUT2D eigenvalue weighted by atomic mass is 16.1. The third-order valence-corrected chi connectivity index (χ3v) is 2.55. The van der Waals surface area contributed by atoms with Crippen LogP contribution in [0.5, 0.6) is 0 Å². The van der Waals surface area contributed by atoms with Gasteiger partial charge in [0.05, 0.1) is 0 Å². The summed E-state index contributed by atoms with van der Waals surface area (Å²) in [5.41, 5.74) is 6.08. The number of nitrogens with one attached hydrogen (secondary N) is 1. The van der Waals surface area contributed by atoms with Gasteiger partial charge < -0.3 is 15.8 Å². The van der Waals surface area contributed by atoms with E-state index in [4.69, 9.17) is 4.79 Å². The molecule has 0 aliphatic carbocycles. The largest absolute Gasteiger partial charge is 0.324 e. The van der Waals surface area contributed by atoms with E-state index in [9.17, 15) is 0 Å². The van der Waals surface area contributed by atoms with Crippen LogP contribution in [0.1, 0.15) is 5.56 Å². The fourth-order valence-corrected chi connectivity index (χ4v) is 1.71. The van der Waals surface area contributed by atoms with E-state index in [0.717, 1.165) is 19.6 Å². The lowest BCUT2D eigenvalue weighted by atomic mass is 10.2. The number of carbonyl (C=O) groups is 1. The molecule has 0 spiro atoms. The SMILES string of the molecule is NCC=O.c1ccc(CN2CCNCC2)cc1. The van der Waals surface area contributed by atoms with Crippen molar-refractivity contribution in [2.75, 3.05) is 32.7 Å². The average molecular weight is 235 g/mol. The van der Waals surface area contributed by atoms with Crippen LogP contribution in [0, 0.1) is 0 Å². The molecule has 2 rings (SSSR count). The van der Waals surface area contributed by atoms with Gasteiger partial charge in [-0.2, -0.15) is 0 Å². The van der Waals surface area contributed by atoms with Crippen molar-refractivity contribution in [2.45, 2.75) is 6.54 Å². The van der Waals surface area contributed by atoms with Gasteiger partial charge in [-0.1, -0.05) is 30.3 Å². The molecule has 1 aliphatic rings. The lowest BCUT2D eigenvalue weighted by Gasteiger charge is -2.27. The Bertz CT molecular complexity index is 297. The summed E-state index contributed by atoms with van der Waals surface area (Å²) < 4.78 is 0. The predicted octanol–water partition coefficient (Wildman–Crippen LogP) is 0.236. The van der Waals surface area contributed by atoms with Gasteiger partial charge in [0.25, 0.3) is 0 Å². The Hall–Kier alpha value is -1.23. The summed E-state index contributed by atoms with van der Waals surface area (Å²) >= 11 is 0. The van der Waals surface area contributed by atoms with Crippen LogP contribution in [0.3, 0.4) is 0 Å². The van der Waals surface area contributed by atoms with E-state index in [1.807, 2.05) is 0 Å². The van der Waals surface area contributed by atoms with Gasteiger partial charge in [-0.15, -0.1) is 0 Å². The molecule has 0 radical (unpaired) electrons. The van der Waals surface area contributed by atoms with E-state index < -0.39 is 0 Å². The van der Waals surface area contributed by atoms with Crippen LogP contribution in [0.25, 0.3) is 0 Å². The Morgan fingerprint density at radius 2 is 1.82 bits per heavy atom. The first-order valence-electron chi connectivity index (χ1n) is 5.97. The Morgan fingerprint density at radius 1 is 1.24 bits per heavy atom. The Kier molecular flexibility index (Phi) is 7.22. The van der Waals surface area contributed by atoms with Crippen LogP contribution in [0.4, 0.5) is 0 Å². The molecule has 0 amide bonds. The first-order valence-corrected chi connectivity index (χ1v) is 5.97. The number of aldehydes is 1. The van der Waals surface area contributed by atoms with E-state index in [0.29, 0.717) is 6.29 Å². The molecule has 1 fully saturated rings. The van der Waals surface area contributed by atoms with E-state index in [-0.39, 0.29) is 6.54 Å². The van der Waals surface area contributed by atoms with Crippen molar-refractivity contribution >= 4 is 6.29 Å². The van der Waals surface area contributed by atoms with Crippen LogP contribution in [0.2, 0.25) is 0 Å². The second-order valence-electron chi connectivity index (χ2n) is 3.91. The monoisotopic (exact) mass is 235 g/mol. The highest BCUT2D eigenvalue weighted by Crippen LogP contribution is 2.04. The van der Waals surface area contributed by atoms with E-state index in [1.54, 1.807) is 0 Å². The summed E-state index contributed by atoms with van der Waals surface area (Å²) in [6.45, 7) is 5.85. The van der Waals surface area contributed by atoms with Gasteiger partial charge in [-0.25, -0.2) is 0 Å². The van der Waals surface area contributed by atoms with Gasteiger partial charge in [0, 0.05) is 39.3 Å². The number of nitrogens with zero attached hydrogens (tertiary/aromatic N) is 1. The highest BCUT2D eigenvalue weighted by Gasteiger charge is 2.08. The number of hydrogen-bond acceptors (Lipinski definition) is 4. The smallest absolute Gasteiger partial charge is 0.133 e. The Balaban J connectivity index is 0.000000317. The summed E-state index contributed by atoms with van der Waals surface area (Å²) in [4.78, 5) is 11.5. The van der Waals surface area contributed by atoms with Crippen LogP contribution in [0.15, 0.2) is 30.3 Å². The van der Waals surface area contributed by atoms with Crippen molar-refractivity contribution in [1.82, 2.24) is 10.2 Å². The predicted molar refractivity (Wildman–Crippen MR) is 69.7 cm³/mol. The average Bonchev–Trinajstić information content (AvgIpc) is 2.41. The van der Waals surface area contributed by atoms with E-state index >= 15 is 0 Å². The summed E-state index contributed by atoms with van der Waals surface area (Å²) in [7, 11) is 0. The molecule has 1 aromatic carbocycles. The number of nitrogens with two attached hydrogens (primary N) is 1. The van der Waals surface area contributed by atoms with Crippen molar-refractivity contribution in [3.63, 3.8) is 0 Å². The van der Waals surface area contributed by atoms with Gasteiger partial charge in [-0.3, -0.25) is 4.90 Å². The van der Waals surface area contributed by atoms with Crippen molar-refractivity contribution in [3.8, 4) is 0 Å². The molecule has 4 nitrogen and oxygen atoms in total. The van der Waals surface area contributed by atoms with Gasteiger partial charge in [0.1, 0.15) is 6.29 Å². The van der Waals surface area contributed by atoms with Gasteiger partial charge in [-0.05, 0) is 5.56 Å². The van der Waals surface area contributed by atoms with E-state index in [1.165, 1.54) is 18.7 Å². The van der Waals surface area contributed by atoms with Crippen molar-refractivity contribution < 1.29 is 4.79 Å². The molecule has 0 atom stereocenters. The summed E-state index contributed by atoms with van der Waals surface area (Å²) in [6.07, 6.45) is 0.653. The number of carbonyl (C=O) groups excluding carboxylic acids is 1. The zero-order chi connectivity index (χ0) is 12.3. The Labute approximate surface area is 103 Å². The number of benzene rings is 1. The fraction of sp³-hybridized carbons (Fsp3) is 0.462. The molecule has 1 heterocycles. The molecule has 1 aliphatic heterocycles. The van der Waals surface area contributed by atoms with Crippen molar-refractivity contribution in [1.29, 1.82) is 0 Å². The number of hydrogen-bond donors (Lipinski definition) is 2. The quantitative estimate of drug-likeness (QED) is 0.737. The topological polar surface area (TPSA) is 58.4 Å². The second kappa shape index (κ2) is 8.87. The van der Waals surface area contributed by atoms with Gasteiger partial charge in [0.15, 0.2) is 0 Å². The maximum Gasteiger partial charge on any atom is 0.133 e. The maximum atomic E-state index is 9.05. The molecule has 94 valence electrons. The second-order valence-corrected chi connectivity index (χ2v) is 3.91. The lowest BCUT2D eigenvalue weighted by molar-refractivity contribution is -0.106. The molecule has 0 aromatic heterocycles. The van der Waals surface area contributed by atoms with Crippen LogP contribution in [-0.2, 0) is 11.3 Å². The standard InChI is InChI=1S/C11H16N2.C2H5NO/c1-2-4-11(5-3-1)10-13-8-6-12-7-9-13;3-1-2-4/h1-5,12H,6-10H2;2H,1,3H2. The van der Waals surface area contributed by atoms with E-state index in [2.05, 4.69) is 46.3 Å². The van der Waals surface area contributed by atoms with Crippen LogP contribution < -0.4 is 11.1 Å². The van der Waals surface area contributed by atoms with Crippen molar-refractivity contribution in [3.05, 3.63) is 35.9 Å². The molecule has 0 saturated carbocycles. The summed E-state index contributed by atoms with van der Waals surface area (Å²) in [5, 5.41) is 3.36. The molecule has 0 bridgehead atoms. The molecule has 3 N–H and O–H groups in total. The molecular weight excluding hydrogens is 214 g/mol. The third kappa shape index (κ3) is 6.16. The van der Waals surface area contributed by atoms with Crippen LogP contribution in [-0.4, -0.2) is 43.9 Å². The summed E-state index contributed by atoms with van der Waals surface area (Å²) in [6, 6.07) is 10.7. The number of rotatable bonds is 3. The minimum atomic E-state index is 0.139. The molecular formula is C13H21N3O. The Morgan fingerprint density at radius 3 is 2.35 bits per heavy atom. The minimum absolute atomic E-state index is 0.139. The third-order valence-electron chi connectivity index (χ3n) is 2.55. The van der Waals surface area contributed by atoms with Gasteiger partial charge in [0.2, 0.25) is 0 Å². The zero-order valence-electron chi connectivity index (χ0n) is 10.1. The lowest BCUT2D eigenvalue weighted by Crippen LogP contribution is -2.42. The molecule has 4 heteroatoms.